The first kappa shape index (κ1) is 16.5. The Morgan fingerprint density at radius 2 is 2.08 bits per heavy atom. The predicted octanol–water partition coefficient (Wildman–Crippen LogP) is 4.98. The molecule has 0 saturated carbocycles. The van der Waals surface area contributed by atoms with Crippen LogP contribution in [0.15, 0.2) is 57.2 Å². The van der Waals surface area contributed by atoms with Crippen LogP contribution in [-0.4, -0.2) is 22.6 Å². The number of aromatic amines is 1. The zero-order chi connectivity index (χ0) is 17.1. The summed E-state index contributed by atoms with van der Waals surface area (Å²) in [7, 11) is 0. The topological polar surface area (TPSA) is 87.0 Å². The van der Waals surface area contributed by atoms with E-state index >= 15 is 0 Å². The van der Waals surface area contributed by atoms with Gasteiger partial charge in [-0.15, -0.1) is 10.2 Å². The molecule has 0 spiro atoms. The van der Waals surface area contributed by atoms with Gasteiger partial charge in [-0.25, -0.2) is 0 Å². The van der Waals surface area contributed by atoms with E-state index in [1.54, 1.807) is 36.4 Å². The lowest BCUT2D eigenvalue weighted by atomic mass is 10.2. The van der Waals surface area contributed by atoms with Crippen molar-refractivity contribution in [1.29, 1.82) is 0 Å². The Bertz CT molecular complexity index is 939. The molecule has 0 fully saturated rings. The average molecular weight is 409 g/mol. The Morgan fingerprint density at radius 3 is 2.88 bits per heavy atom. The molecule has 0 aliphatic carbocycles. The summed E-state index contributed by atoms with van der Waals surface area (Å²) >= 11 is 9.28. The lowest BCUT2D eigenvalue weighted by Crippen LogP contribution is -2.08. The number of hydrogen-bond donors (Lipinski definition) is 2. The molecule has 0 bridgehead atoms. The number of halogens is 2. The van der Waals surface area contributed by atoms with Gasteiger partial charge in [0, 0.05) is 9.86 Å². The number of carbonyl (C=O) groups is 1. The van der Waals surface area contributed by atoms with Crippen molar-refractivity contribution < 1.29 is 14.6 Å². The highest BCUT2D eigenvalue weighted by molar-refractivity contribution is 9.10. The first-order chi connectivity index (χ1) is 11.5. The fourth-order valence-corrected chi connectivity index (χ4v) is 2.81. The number of aromatic hydroxyl groups is 1. The van der Waals surface area contributed by atoms with Crippen LogP contribution in [0.2, 0.25) is 5.02 Å². The van der Waals surface area contributed by atoms with Crippen molar-refractivity contribution in [1.82, 2.24) is 4.98 Å². The third kappa shape index (κ3) is 3.58. The Hall–Kier alpha value is -2.38. The molecule has 1 amide bonds. The molecular weight excluding hydrogens is 398 g/mol. The minimum atomic E-state index is -0.598. The van der Waals surface area contributed by atoms with Crippen molar-refractivity contribution in [2.45, 2.75) is 0 Å². The lowest BCUT2D eigenvalue weighted by Gasteiger charge is -2.05. The van der Waals surface area contributed by atoms with E-state index < -0.39 is 5.91 Å². The second kappa shape index (κ2) is 7.02. The fourth-order valence-electron chi connectivity index (χ4n) is 2.08. The van der Waals surface area contributed by atoms with Gasteiger partial charge in [0.25, 0.3) is 0 Å². The monoisotopic (exact) mass is 407 g/mol. The van der Waals surface area contributed by atoms with Gasteiger partial charge in [-0.2, -0.15) is 0 Å². The van der Waals surface area contributed by atoms with Crippen LogP contribution in [0.4, 0.5) is 5.69 Å². The van der Waals surface area contributed by atoms with E-state index in [0.717, 1.165) is 4.47 Å². The Balaban J connectivity index is 1.70. The van der Waals surface area contributed by atoms with Crippen LogP contribution in [0.25, 0.3) is 10.9 Å². The quantitative estimate of drug-likeness (QED) is 0.597. The number of nitrogens with one attached hydrogen (secondary N) is 1. The fraction of sp³-hybridized carbons (Fsp3) is 0.0625. The van der Waals surface area contributed by atoms with Crippen LogP contribution in [-0.2, 0) is 4.79 Å². The molecule has 2 aromatic carbocycles. The molecule has 122 valence electrons. The summed E-state index contributed by atoms with van der Waals surface area (Å²) in [6.07, 6.45) is 0. The van der Waals surface area contributed by atoms with Crippen molar-refractivity contribution in [2.24, 2.45) is 10.2 Å². The van der Waals surface area contributed by atoms with E-state index in [9.17, 15) is 9.90 Å². The van der Waals surface area contributed by atoms with Gasteiger partial charge in [0.2, 0.25) is 5.88 Å². The van der Waals surface area contributed by atoms with Crippen molar-refractivity contribution in [2.75, 3.05) is 6.61 Å². The maximum absolute atomic E-state index is 11.8. The molecule has 0 saturated heterocycles. The van der Waals surface area contributed by atoms with Gasteiger partial charge in [-0.05, 0) is 24.3 Å². The van der Waals surface area contributed by atoms with Gasteiger partial charge < -0.3 is 14.8 Å². The zero-order valence-corrected chi connectivity index (χ0v) is 14.5. The molecule has 1 heterocycles. The maximum Gasteiger partial charge on any atom is 0.302 e. The summed E-state index contributed by atoms with van der Waals surface area (Å²) in [5.41, 5.74) is 0.912. The molecule has 0 unspecified atom stereocenters. The van der Waals surface area contributed by atoms with Gasteiger partial charge in [0.1, 0.15) is 5.75 Å². The predicted molar refractivity (Wildman–Crippen MR) is 94.1 cm³/mol. The number of hydrogen-bond acceptors (Lipinski definition) is 4. The van der Waals surface area contributed by atoms with E-state index in [1.807, 2.05) is 6.07 Å². The molecule has 2 N–H and O–H groups in total. The van der Waals surface area contributed by atoms with Crippen LogP contribution < -0.4 is 4.74 Å². The number of carbonyl (C=O) groups excluding carboxylic acids is 1. The standard InChI is InChI=1S/C16H11BrClN3O3/c17-9-5-6-13(11(18)7-9)24-8-14(22)20-21-15-10-3-1-2-4-12(10)19-16(15)23/h1-7,19,23H,8H2. The van der Waals surface area contributed by atoms with E-state index in [1.165, 1.54) is 0 Å². The van der Waals surface area contributed by atoms with Crippen LogP contribution in [0.5, 0.6) is 11.6 Å². The van der Waals surface area contributed by atoms with E-state index in [0.29, 0.717) is 21.7 Å². The van der Waals surface area contributed by atoms with Gasteiger partial charge in [-0.1, -0.05) is 45.7 Å². The summed E-state index contributed by atoms with van der Waals surface area (Å²) in [5.74, 6) is -0.373. The number of benzene rings is 2. The average Bonchev–Trinajstić information content (AvgIpc) is 2.87. The van der Waals surface area contributed by atoms with Crippen LogP contribution in [0, 0.1) is 0 Å². The summed E-state index contributed by atoms with van der Waals surface area (Å²) in [4.78, 5) is 14.6. The molecule has 3 rings (SSSR count). The highest BCUT2D eigenvalue weighted by atomic mass is 79.9. The SMILES string of the molecule is O=C(COc1ccc(Br)cc1Cl)N=Nc1c(O)[nH]c2ccccc12. The number of aromatic nitrogens is 1. The molecule has 0 aliphatic rings. The lowest BCUT2D eigenvalue weighted by molar-refractivity contribution is -0.120. The van der Waals surface area contributed by atoms with Crippen molar-refractivity contribution in [3.63, 3.8) is 0 Å². The van der Waals surface area contributed by atoms with Crippen LogP contribution >= 0.6 is 27.5 Å². The number of fused-ring (bicyclic) bond motifs is 1. The normalized spacial score (nSPS) is 11.2. The highest BCUT2D eigenvalue weighted by Crippen LogP contribution is 2.35. The summed E-state index contributed by atoms with van der Waals surface area (Å²) in [5, 5.41) is 18.3. The Kier molecular flexibility index (Phi) is 4.82. The van der Waals surface area contributed by atoms with E-state index in [2.05, 4.69) is 31.1 Å². The van der Waals surface area contributed by atoms with Gasteiger partial charge in [0.05, 0.1) is 10.5 Å². The summed E-state index contributed by atoms with van der Waals surface area (Å²) in [6, 6.07) is 12.2. The Labute approximate surface area is 150 Å². The number of amides is 1. The van der Waals surface area contributed by atoms with E-state index in [-0.39, 0.29) is 18.2 Å². The van der Waals surface area contributed by atoms with E-state index in [4.69, 9.17) is 16.3 Å². The van der Waals surface area contributed by atoms with Crippen molar-refractivity contribution in [3.05, 3.63) is 52.0 Å². The molecule has 6 nitrogen and oxygen atoms in total. The molecule has 3 aromatic rings. The first-order valence-corrected chi connectivity index (χ1v) is 8.04. The number of H-pyrrole nitrogens is 1. The second-order valence-corrected chi connectivity index (χ2v) is 6.15. The van der Waals surface area contributed by atoms with Crippen molar-refractivity contribution >= 4 is 50.0 Å². The molecule has 0 atom stereocenters. The molecular formula is C16H11BrClN3O3. The van der Waals surface area contributed by atoms with Crippen LogP contribution in [0.1, 0.15) is 0 Å². The number of nitrogens with zero attached hydrogens (tertiary/aromatic N) is 2. The molecule has 0 radical (unpaired) electrons. The van der Waals surface area contributed by atoms with Gasteiger partial charge in [0.15, 0.2) is 12.3 Å². The molecule has 8 heteroatoms. The van der Waals surface area contributed by atoms with Gasteiger partial charge >= 0.3 is 5.91 Å². The largest absolute Gasteiger partial charge is 0.493 e. The molecule has 0 aliphatic heterocycles. The number of azo groups is 1. The highest BCUT2D eigenvalue weighted by Gasteiger charge is 2.11. The summed E-state index contributed by atoms with van der Waals surface area (Å²) in [6.45, 7) is -0.312. The van der Waals surface area contributed by atoms with Crippen LogP contribution in [0.3, 0.4) is 0 Å². The first-order valence-electron chi connectivity index (χ1n) is 6.86. The maximum atomic E-state index is 11.8. The Morgan fingerprint density at radius 1 is 1.29 bits per heavy atom. The van der Waals surface area contributed by atoms with Crippen molar-refractivity contribution in [3.8, 4) is 11.6 Å². The molecule has 24 heavy (non-hydrogen) atoms. The third-order valence-electron chi connectivity index (χ3n) is 3.17. The molecule has 1 aromatic heterocycles. The van der Waals surface area contributed by atoms with Gasteiger partial charge in [-0.3, -0.25) is 4.79 Å². The number of para-hydroxylation sites is 1. The smallest absolute Gasteiger partial charge is 0.302 e. The third-order valence-corrected chi connectivity index (χ3v) is 3.95. The number of rotatable bonds is 4. The summed E-state index contributed by atoms with van der Waals surface area (Å²) < 4.78 is 6.12. The minimum Gasteiger partial charge on any atom is -0.493 e. The number of ether oxygens (including phenoxy) is 1. The minimum absolute atomic E-state index is 0.148. The second-order valence-electron chi connectivity index (χ2n) is 4.82. The zero-order valence-electron chi connectivity index (χ0n) is 12.2.